The molecule has 0 aliphatic carbocycles. The molecule has 2 aliphatic rings. The van der Waals surface area contributed by atoms with Crippen LogP contribution in [-0.4, -0.2) is 22.8 Å². The predicted molar refractivity (Wildman–Crippen MR) is 122 cm³/mol. The quantitative estimate of drug-likeness (QED) is 0.340. The maximum absolute atomic E-state index is 13.6. The van der Waals surface area contributed by atoms with Gasteiger partial charge in [0.25, 0.3) is 11.6 Å². The van der Waals surface area contributed by atoms with E-state index in [-0.39, 0.29) is 11.6 Å². The van der Waals surface area contributed by atoms with Gasteiger partial charge in [-0.15, -0.1) is 0 Å². The van der Waals surface area contributed by atoms with Gasteiger partial charge in [0.15, 0.2) is 6.10 Å². The van der Waals surface area contributed by atoms with Crippen LogP contribution in [0, 0.1) is 29.9 Å². The second-order valence-corrected chi connectivity index (χ2v) is 8.30. The van der Waals surface area contributed by atoms with Gasteiger partial charge in [-0.05, 0) is 43.2 Å². The van der Waals surface area contributed by atoms with Crippen molar-refractivity contribution in [3.63, 3.8) is 0 Å². The molecule has 2 saturated heterocycles. The molecule has 3 atom stereocenters. The number of fused-ring (bicyclic) bond motifs is 1. The monoisotopic (exact) mass is 443 g/mol. The van der Waals surface area contributed by atoms with Gasteiger partial charge in [-0.25, -0.2) is 9.96 Å². The fraction of sp³-hybridized carbons (Fsp3) is 0.200. The lowest BCUT2D eigenvalue weighted by Gasteiger charge is -2.29. The zero-order chi connectivity index (χ0) is 23.3. The van der Waals surface area contributed by atoms with Gasteiger partial charge in [0.1, 0.15) is 5.92 Å². The molecule has 33 heavy (non-hydrogen) atoms. The molecule has 0 aromatic heterocycles. The number of amides is 2. The van der Waals surface area contributed by atoms with Crippen LogP contribution in [0.5, 0.6) is 0 Å². The van der Waals surface area contributed by atoms with Crippen LogP contribution in [0.25, 0.3) is 0 Å². The first-order chi connectivity index (χ1) is 15.9. The number of aryl methyl sites for hydroxylation is 2. The number of nitro benzene ring substituents is 1. The summed E-state index contributed by atoms with van der Waals surface area (Å²) in [6.07, 6.45) is -0.987. The lowest BCUT2D eigenvalue weighted by Crippen LogP contribution is -2.37. The normalized spacial score (nSPS) is 22.1. The number of hydrogen-bond donors (Lipinski definition) is 0. The summed E-state index contributed by atoms with van der Waals surface area (Å²) >= 11 is 0. The number of anilines is 2. The molecular formula is C25H21N3O5. The lowest BCUT2D eigenvalue weighted by molar-refractivity contribution is -0.384. The number of benzene rings is 3. The van der Waals surface area contributed by atoms with Crippen LogP contribution < -0.4 is 9.96 Å². The van der Waals surface area contributed by atoms with Crippen LogP contribution in [0.2, 0.25) is 0 Å². The van der Waals surface area contributed by atoms with Crippen molar-refractivity contribution in [1.82, 2.24) is 0 Å². The highest BCUT2D eigenvalue weighted by Gasteiger charge is 2.60. The van der Waals surface area contributed by atoms with E-state index in [9.17, 15) is 19.7 Å². The lowest BCUT2D eigenvalue weighted by atomic mass is 9.90. The SMILES string of the molecule is Cc1ccc(N2C(=O)C3ON(c4ccccc4C)C(c4ccc([N+](=O)[O-])cc4)C3C2=O)cc1. The Balaban J connectivity index is 1.59. The molecule has 0 N–H and O–H groups in total. The van der Waals surface area contributed by atoms with Crippen molar-refractivity contribution in [2.45, 2.75) is 26.0 Å². The second-order valence-electron chi connectivity index (χ2n) is 8.30. The van der Waals surface area contributed by atoms with Crippen LogP contribution in [0.15, 0.2) is 72.8 Å². The molecule has 3 aromatic carbocycles. The average Bonchev–Trinajstić information content (AvgIpc) is 3.31. The van der Waals surface area contributed by atoms with Gasteiger partial charge in [0, 0.05) is 12.1 Å². The number of para-hydroxylation sites is 1. The highest BCUT2D eigenvalue weighted by molar-refractivity contribution is 6.23. The zero-order valence-electron chi connectivity index (χ0n) is 18.0. The van der Waals surface area contributed by atoms with E-state index < -0.39 is 28.9 Å². The fourth-order valence-electron chi connectivity index (χ4n) is 4.51. The average molecular weight is 443 g/mol. The molecule has 2 aliphatic heterocycles. The Labute approximate surface area is 190 Å². The van der Waals surface area contributed by atoms with Crippen LogP contribution in [0.3, 0.4) is 0 Å². The van der Waals surface area contributed by atoms with Crippen molar-refractivity contribution >= 4 is 28.9 Å². The molecule has 8 nitrogen and oxygen atoms in total. The number of hydrogen-bond acceptors (Lipinski definition) is 6. The third-order valence-corrected chi connectivity index (χ3v) is 6.21. The Morgan fingerprint density at radius 2 is 1.55 bits per heavy atom. The third kappa shape index (κ3) is 3.35. The van der Waals surface area contributed by atoms with Gasteiger partial charge in [-0.3, -0.25) is 24.5 Å². The summed E-state index contributed by atoms with van der Waals surface area (Å²) in [5.41, 5.74) is 3.77. The molecule has 2 fully saturated rings. The number of nitrogens with zero attached hydrogens (tertiary/aromatic N) is 3. The summed E-state index contributed by atoms with van der Waals surface area (Å²) in [7, 11) is 0. The van der Waals surface area contributed by atoms with E-state index in [0.29, 0.717) is 11.3 Å². The molecule has 8 heteroatoms. The van der Waals surface area contributed by atoms with E-state index >= 15 is 0 Å². The first kappa shape index (κ1) is 20.8. The topological polar surface area (TPSA) is 93.0 Å². The van der Waals surface area contributed by atoms with Crippen molar-refractivity contribution in [3.05, 3.63) is 99.6 Å². The van der Waals surface area contributed by atoms with E-state index in [0.717, 1.165) is 16.8 Å². The summed E-state index contributed by atoms with van der Waals surface area (Å²) in [4.78, 5) is 44.9. The Kier molecular flexibility index (Phi) is 4.94. The van der Waals surface area contributed by atoms with E-state index in [4.69, 9.17) is 4.84 Å². The number of hydroxylamine groups is 1. The molecule has 0 bridgehead atoms. The Bertz CT molecular complexity index is 1260. The molecule has 0 radical (unpaired) electrons. The minimum atomic E-state index is -0.987. The third-order valence-electron chi connectivity index (χ3n) is 6.21. The van der Waals surface area contributed by atoms with Gasteiger partial charge < -0.3 is 0 Å². The minimum absolute atomic E-state index is 0.0493. The Hall–Kier alpha value is -4.04. The summed E-state index contributed by atoms with van der Waals surface area (Å²) < 4.78 is 0. The van der Waals surface area contributed by atoms with Crippen LogP contribution in [0.4, 0.5) is 17.1 Å². The molecular weight excluding hydrogens is 422 g/mol. The van der Waals surface area contributed by atoms with Crippen molar-refractivity contribution in [2.75, 3.05) is 9.96 Å². The maximum Gasteiger partial charge on any atom is 0.269 e. The number of non-ortho nitro benzene ring substituents is 1. The molecule has 5 rings (SSSR count). The van der Waals surface area contributed by atoms with Gasteiger partial charge in [0.05, 0.1) is 22.3 Å². The number of imide groups is 1. The van der Waals surface area contributed by atoms with Gasteiger partial charge in [-0.2, -0.15) is 0 Å². The highest BCUT2D eigenvalue weighted by atomic mass is 16.7. The maximum atomic E-state index is 13.6. The fourth-order valence-corrected chi connectivity index (χ4v) is 4.51. The number of rotatable bonds is 4. The molecule has 3 unspecified atom stereocenters. The Morgan fingerprint density at radius 3 is 2.18 bits per heavy atom. The first-order valence-electron chi connectivity index (χ1n) is 10.6. The summed E-state index contributed by atoms with van der Waals surface area (Å²) in [5, 5.41) is 12.7. The summed E-state index contributed by atoms with van der Waals surface area (Å²) in [5.74, 6) is -1.56. The van der Waals surface area contributed by atoms with Crippen LogP contribution in [0.1, 0.15) is 22.7 Å². The molecule has 0 saturated carbocycles. The summed E-state index contributed by atoms with van der Waals surface area (Å²) in [6.45, 7) is 3.85. The van der Waals surface area contributed by atoms with Gasteiger partial charge >= 0.3 is 0 Å². The standard InChI is InChI=1S/C25H21N3O5/c1-15-7-11-18(12-8-15)26-24(29)21-22(17-9-13-19(14-10-17)28(31)32)27(33-23(21)25(26)30)20-6-4-3-5-16(20)2/h3-14,21-23H,1-2H3. The van der Waals surface area contributed by atoms with Crippen molar-refractivity contribution in [1.29, 1.82) is 0 Å². The summed E-state index contributed by atoms with van der Waals surface area (Å²) in [6, 6.07) is 20.1. The van der Waals surface area contributed by atoms with E-state index in [1.807, 2.05) is 50.2 Å². The van der Waals surface area contributed by atoms with Crippen LogP contribution >= 0.6 is 0 Å². The number of nitro groups is 1. The molecule has 3 aromatic rings. The van der Waals surface area contributed by atoms with E-state index in [1.54, 1.807) is 29.3 Å². The van der Waals surface area contributed by atoms with E-state index in [2.05, 4.69) is 0 Å². The molecule has 2 heterocycles. The minimum Gasteiger partial charge on any atom is -0.273 e. The Morgan fingerprint density at radius 1 is 0.879 bits per heavy atom. The van der Waals surface area contributed by atoms with Gasteiger partial charge in [-0.1, -0.05) is 48.0 Å². The van der Waals surface area contributed by atoms with Crippen molar-refractivity contribution in [3.8, 4) is 0 Å². The molecule has 0 spiro atoms. The highest BCUT2D eigenvalue weighted by Crippen LogP contribution is 2.48. The van der Waals surface area contributed by atoms with Crippen molar-refractivity contribution in [2.24, 2.45) is 5.92 Å². The predicted octanol–water partition coefficient (Wildman–Crippen LogP) is 4.26. The second kappa shape index (κ2) is 7.83. The number of carbonyl (C=O) groups excluding carboxylic acids is 2. The molecule has 2 amide bonds. The van der Waals surface area contributed by atoms with Gasteiger partial charge in [0.2, 0.25) is 5.91 Å². The van der Waals surface area contributed by atoms with Crippen molar-refractivity contribution < 1.29 is 19.3 Å². The number of carbonyl (C=O) groups is 2. The zero-order valence-corrected chi connectivity index (χ0v) is 18.0. The van der Waals surface area contributed by atoms with Crippen LogP contribution in [-0.2, 0) is 14.4 Å². The first-order valence-corrected chi connectivity index (χ1v) is 10.6. The van der Waals surface area contributed by atoms with E-state index in [1.165, 1.54) is 17.0 Å². The largest absolute Gasteiger partial charge is 0.273 e. The smallest absolute Gasteiger partial charge is 0.269 e. The molecule has 166 valence electrons.